The van der Waals surface area contributed by atoms with E-state index in [0.29, 0.717) is 23.4 Å². The maximum absolute atomic E-state index is 10.4. The Balaban J connectivity index is 2.28. The van der Waals surface area contributed by atoms with Crippen molar-refractivity contribution < 1.29 is 14.6 Å². The van der Waals surface area contributed by atoms with Gasteiger partial charge in [0.05, 0.1) is 6.20 Å². The summed E-state index contributed by atoms with van der Waals surface area (Å²) in [5.74, 6) is 0.488. The molecular formula is C11H13N4O3. The van der Waals surface area contributed by atoms with Gasteiger partial charge in [0.15, 0.2) is 17.6 Å². The van der Waals surface area contributed by atoms with Gasteiger partial charge in [-0.1, -0.05) is 13.3 Å². The average Bonchev–Trinajstić information content (AvgIpc) is 2.77. The summed E-state index contributed by atoms with van der Waals surface area (Å²) in [7, 11) is 0. The van der Waals surface area contributed by atoms with E-state index in [2.05, 4.69) is 19.9 Å². The number of aromatic hydroxyl groups is 1. The first kappa shape index (κ1) is 12.3. The van der Waals surface area contributed by atoms with Gasteiger partial charge >= 0.3 is 12.5 Å². The van der Waals surface area contributed by atoms with Crippen molar-refractivity contribution in [3.05, 3.63) is 12.0 Å². The highest BCUT2D eigenvalue weighted by Crippen LogP contribution is 2.22. The lowest BCUT2D eigenvalue weighted by atomic mass is 10.1. The van der Waals surface area contributed by atoms with Crippen LogP contribution in [-0.2, 0) is 9.53 Å². The lowest BCUT2D eigenvalue weighted by Gasteiger charge is -2.10. The van der Waals surface area contributed by atoms with E-state index in [4.69, 9.17) is 9.84 Å². The van der Waals surface area contributed by atoms with Crippen molar-refractivity contribution in [2.24, 2.45) is 0 Å². The van der Waals surface area contributed by atoms with E-state index in [1.165, 1.54) is 12.7 Å². The maximum atomic E-state index is 10.4. The minimum atomic E-state index is -0.473. The van der Waals surface area contributed by atoms with E-state index < -0.39 is 6.10 Å². The number of H-pyrrole nitrogens is 1. The molecule has 2 N–H and O–H groups in total. The van der Waals surface area contributed by atoms with Gasteiger partial charge in [-0.05, 0) is 12.8 Å². The molecule has 1 unspecified atom stereocenters. The standard InChI is InChI=1S/C11H13N4O3/c1-2-3-4-8(18-6-16)10-13-7-5-12-11(17)15-9(7)14-10/h5,8H,2-4H2,1H3,(H2,12,13,14,15,17). The van der Waals surface area contributed by atoms with Crippen LogP contribution in [0.15, 0.2) is 6.20 Å². The SMILES string of the molecule is CCCCC(O[C]=O)c1nc2nc(O)ncc2[nH]1. The molecule has 0 saturated heterocycles. The molecule has 2 aromatic heterocycles. The first-order valence-electron chi connectivity index (χ1n) is 5.69. The zero-order chi connectivity index (χ0) is 13.0. The van der Waals surface area contributed by atoms with E-state index in [1.807, 2.05) is 6.92 Å². The van der Waals surface area contributed by atoms with Gasteiger partial charge in [-0.3, -0.25) is 0 Å². The van der Waals surface area contributed by atoms with Crippen molar-refractivity contribution in [3.8, 4) is 6.01 Å². The van der Waals surface area contributed by atoms with Crippen LogP contribution < -0.4 is 0 Å². The second kappa shape index (κ2) is 5.44. The molecule has 2 rings (SSSR count). The molecule has 18 heavy (non-hydrogen) atoms. The number of imidazole rings is 1. The zero-order valence-electron chi connectivity index (χ0n) is 9.88. The second-order valence-electron chi connectivity index (χ2n) is 3.86. The number of aromatic nitrogens is 4. The van der Waals surface area contributed by atoms with Gasteiger partial charge in [0.2, 0.25) is 0 Å². The summed E-state index contributed by atoms with van der Waals surface area (Å²) >= 11 is 0. The Bertz CT molecular complexity index is 540. The quantitative estimate of drug-likeness (QED) is 0.801. The summed E-state index contributed by atoms with van der Waals surface area (Å²) in [5, 5.41) is 9.15. The number of unbranched alkanes of at least 4 members (excludes halogenated alkanes) is 1. The van der Waals surface area contributed by atoms with E-state index in [-0.39, 0.29) is 6.01 Å². The van der Waals surface area contributed by atoms with E-state index >= 15 is 0 Å². The van der Waals surface area contributed by atoms with Gasteiger partial charge < -0.3 is 14.8 Å². The number of aromatic amines is 1. The minimum Gasteiger partial charge on any atom is -0.479 e. The molecule has 7 nitrogen and oxygen atoms in total. The van der Waals surface area contributed by atoms with Crippen molar-refractivity contribution in [2.45, 2.75) is 32.3 Å². The van der Waals surface area contributed by atoms with Crippen LogP contribution in [0.4, 0.5) is 0 Å². The number of hydrogen-bond acceptors (Lipinski definition) is 6. The Morgan fingerprint density at radius 2 is 2.39 bits per heavy atom. The predicted molar refractivity (Wildman–Crippen MR) is 62.4 cm³/mol. The highest BCUT2D eigenvalue weighted by Gasteiger charge is 2.17. The fraction of sp³-hybridized carbons (Fsp3) is 0.455. The first-order valence-corrected chi connectivity index (χ1v) is 5.69. The maximum Gasteiger partial charge on any atom is 0.418 e. The smallest absolute Gasteiger partial charge is 0.418 e. The van der Waals surface area contributed by atoms with Gasteiger partial charge in [-0.2, -0.15) is 4.98 Å². The van der Waals surface area contributed by atoms with E-state index in [0.717, 1.165) is 12.8 Å². The van der Waals surface area contributed by atoms with Crippen LogP contribution in [0.25, 0.3) is 11.2 Å². The van der Waals surface area contributed by atoms with Crippen molar-refractivity contribution >= 4 is 17.6 Å². The highest BCUT2D eigenvalue weighted by atomic mass is 16.5. The molecule has 0 aliphatic rings. The number of carbonyl (C=O) groups excluding carboxylic acids is 1. The zero-order valence-corrected chi connectivity index (χ0v) is 9.88. The summed E-state index contributed by atoms with van der Waals surface area (Å²) in [5.41, 5.74) is 0.923. The van der Waals surface area contributed by atoms with E-state index in [1.54, 1.807) is 0 Å². The normalized spacial score (nSPS) is 12.5. The monoisotopic (exact) mass is 249 g/mol. The van der Waals surface area contributed by atoms with E-state index in [9.17, 15) is 4.79 Å². The number of fused-ring (bicyclic) bond motifs is 1. The molecular weight excluding hydrogens is 236 g/mol. The lowest BCUT2D eigenvalue weighted by molar-refractivity contribution is 0.159. The van der Waals surface area contributed by atoms with Crippen LogP contribution in [-0.4, -0.2) is 31.5 Å². The Labute approximate surface area is 103 Å². The molecule has 0 aliphatic heterocycles. The first-order chi connectivity index (χ1) is 8.74. The molecule has 2 heterocycles. The summed E-state index contributed by atoms with van der Waals surface area (Å²) < 4.78 is 4.88. The summed E-state index contributed by atoms with van der Waals surface area (Å²) in [6.07, 6.45) is 3.50. The number of nitrogens with zero attached hydrogens (tertiary/aromatic N) is 3. The molecule has 0 fully saturated rings. The fourth-order valence-corrected chi connectivity index (χ4v) is 1.67. The van der Waals surface area contributed by atoms with Crippen molar-refractivity contribution in [1.29, 1.82) is 0 Å². The molecule has 7 heteroatoms. The number of rotatable bonds is 6. The van der Waals surface area contributed by atoms with Crippen molar-refractivity contribution in [3.63, 3.8) is 0 Å². The molecule has 1 atom stereocenters. The van der Waals surface area contributed by atoms with Crippen LogP contribution >= 0.6 is 0 Å². The van der Waals surface area contributed by atoms with Gasteiger partial charge in [0.1, 0.15) is 5.52 Å². The highest BCUT2D eigenvalue weighted by molar-refractivity contribution is 5.69. The van der Waals surface area contributed by atoms with Crippen LogP contribution in [0.2, 0.25) is 0 Å². The molecule has 0 aromatic carbocycles. The lowest BCUT2D eigenvalue weighted by Crippen LogP contribution is -2.05. The molecule has 0 saturated carbocycles. The second-order valence-corrected chi connectivity index (χ2v) is 3.86. The van der Waals surface area contributed by atoms with Gasteiger partial charge in [0.25, 0.3) is 0 Å². The summed E-state index contributed by atoms with van der Waals surface area (Å²) in [6.45, 7) is 3.48. The van der Waals surface area contributed by atoms with Crippen LogP contribution in [0.1, 0.15) is 38.1 Å². The van der Waals surface area contributed by atoms with Crippen LogP contribution in [0.5, 0.6) is 6.01 Å². The van der Waals surface area contributed by atoms with Crippen LogP contribution in [0, 0.1) is 0 Å². The number of hydrogen-bond donors (Lipinski definition) is 2. The number of nitrogens with one attached hydrogen (secondary N) is 1. The Morgan fingerprint density at radius 3 is 3.11 bits per heavy atom. The van der Waals surface area contributed by atoms with Crippen molar-refractivity contribution in [2.75, 3.05) is 0 Å². The third-order valence-electron chi connectivity index (χ3n) is 2.56. The van der Waals surface area contributed by atoms with Gasteiger partial charge in [-0.25, -0.2) is 14.8 Å². The third kappa shape index (κ3) is 2.55. The third-order valence-corrected chi connectivity index (χ3v) is 2.56. The molecule has 95 valence electrons. The van der Waals surface area contributed by atoms with Crippen LogP contribution in [0.3, 0.4) is 0 Å². The minimum absolute atomic E-state index is 0.339. The van der Waals surface area contributed by atoms with Gasteiger partial charge in [-0.15, -0.1) is 0 Å². The fourth-order valence-electron chi connectivity index (χ4n) is 1.67. The molecule has 1 radical (unpaired) electrons. The largest absolute Gasteiger partial charge is 0.479 e. The molecule has 0 amide bonds. The average molecular weight is 249 g/mol. The summed E-state index contributed by atoms with van der Waals surface area (Å²) in [4.78, 5) is 24.9. The van der Waals surface area contributed by atoms with Gasteiger partial charge in [0, 0.05) is 0 Å². The molecule has 0 bridgehead atoms. The summed E-state index contributed by atoms with van der Waals surface area (Å²) in [6, 6.07) is -0.339. The Morgan fingerprint density at radius 1 is 1.56 bits per heavy atom. The van der Waals surface area contributed by atoms with Crippen molar-refractivity contribution in [1.82, 2.24) is 19.9 Å². The molecule has 2 aromatic rings. The number of ether oxygens (including phenoxy) is 1. The molecule has 0 aliphatic carbocycles. The Hall–Kier alpha value is -2.18. The molecule has 0 spiro atoms. The predicted octanol–water partition coefficient (Wildman–Crippen LogP) is 1.37. The topological polar surface area (TPSA) is 101 Å². The Kier molecular flexibility index (Phi) is 3.71.